The molecule has 0 bridgehead atoms. The lowest BCUT2D eigenvalue weighted by Crippen LogP contribution is -2.26. The first kappa shape index (κ1) is 16.9. The number of aliphatic carboxylic acids is 1. The zero-order valence-electron chi connectivity index (χ0n) is 11.3. The van der Waals surface area contributed by atoms with Crippen molar-refractivity contribution in [3.8, 4) is 0 Å². The molecule has 0 aliphatic heterocycles. The van der Waals surface area contributed by atoms with Gasteiger partial charge in [0.1, 0.15) is 5.56 Å². The third-order valence-corrected chi connectivity index (χ3v) is 3.16. The quantitative estimate of drug-likeness (QED) is 0.456. The molecule has 1 atom stereocenters. The summed E-state index contributed by atoms with van der Waals surface area (Å²) in [6.45, 7) is 1.81. The number of nitrogens with zero attached hydrogens (tertiary/aromatic N) is 1. The third-order valence-electron chi connectivity index (χ3n) is 2.92. The molecule has 8 heteroatoms. The van der Waals surface area contributed by atoms with Gasteiger partial charge in [-0.2, -0.15) is 0 Å². The Balaban J connectivity index is 2.62. The molecule has 1 amide bonds. The molecule has 7 nitrogen and oxygen atoms in total. The monoisotopic (exact) mass is 314 g/mol. The summed E-state index contributed by atoms with van der Waals surface area (Å²) in [5, 5.41) is 22.3. The van der Waals surface area contributed by atoms with E-state index in [4.69, 9.17) is 16.7 Å². The number of carbonyl (C=O) groups is 2. The van der Waals surface area contributed by atoms with E-state index in [0.29, 0.717) is 12.8 Å². The minimum atomic E-state index is -0.896. The summed E-state index contributed by atoms with van der Waals surface area (Å²) >= 11 is 5.74. The number of hydrogen-bond donors (Lipinski definition) is 2. The average Bonchev–Trinajstić information content (AvgIpc) is 2.42. The lowest BCUT2D eigenvalue weighted by atomic mass is 10.1. The Labute approximate surface area is 126 Å². The molecule has 2 N–H and O–H groups in total. The second kappa shape index (κ2) is 7.58. The molecule has 0 saturated heterocycles. The van der Waals surface area contributed by atoms with Crippen LogP contribution in [0.4, 0.5) is 5.69 Å². The number of halogens is 1. The van der Waals surface area contributed by atoms with Gasteiger partial charge in [-0.1, -0.05) is 18.5 Å². The van der Waals surface area contributed by atoms with Gasteiger partial charge in [-0.05, 0) is 25.0 Å². The van der Waals surface area contributed by atoms with Gasteiger partial charge in [0.25, 0.3) is 11.6 Å². The Morgan fingerprint density at radius 3 is 2.71 bits per heavy atom. The van der Waals surface area contributed by atoms with Crippen LogP contribution in [0.1, 0.15) is 30.1 Å². The molecule has 1 aromatic carbocycles. The maximum Gasteiger partial charge on any atom is 0.306 e. The van der Waals surface area contributed by atoms with Crippen LogP contribution in [-0.2, 0) is 4.79 Å². The summed E-state index contributed by atoms with van der Waals surface area (Å²) < 4.78 is 0. The molecule has 0 aliphatic rings. The largest absolute Gasteiger partial charge is 0.481 e. The fourth-order valence-corrected chi connectivity index (χ4v) is 1.85. The number of hydrogen-bond acceptors (Lipinski definition) is 4. The van der Waals surface area contributed by atoms with Crippen molar-refractivity contribution in [1.29, 1.82) is 0 Å². The van der Waals surface area contributed by atoms with E-state index >= 15 is 0 Å². The molecule has 1 rings (SSSR count). The van der Waals surface area contributed by atoms with E-state index in [-0.39, 0.29) is 22.8 Å². The molecule has 0 aliphatic carbocycles. The molecular formula is C13H15ClN2O5. The standard InChI is InChI=1S/C13H15ClN2O5/c1-8(13(18)19)3-2-6-15-12(17)10-7-9(14)4-5-11(10)16(20)21/h4-5,7-8H,2-3,6H2,1H3,(H,15,17)(H,18,19). The molecule has 0 spiro atoms. The molecule has 21 heavy (non-hydrogen) atoms. The van der Waals surface area contributed by atoms with Gasteiger partial charge in [-0.15, -0.1) is 0 Å². The van der Waals surface area contributed by atoms with Crippen molar-refractivity contribution in [3.63, 3.8) is 0 Å². The average molecular weight is 315 g/mol. The highest BCUT2D eigenvalue weighted by atomic mass is 35.5. The van der Waals surface area contributed by atoms with Crippen molar-refractivity contribution >= 4 is 29.2 Å². The van der Waals surface area contributed by atoms with Gasteiger partial charge in [0.05, 0.1) is 10.8 Å². The van der Waals surface area contributed by atoms with Crippen LogP contribution in [0.15, 0.2) is 18.2 Å². The Bertz CT molecular complexity index is 561. The highest BCUT2D eigenvalue weighted by Gasteiger charge is 2.20. The van der Waals surface area contributed by atoms with E-state index in [1.165, 1.54) is 18.2 Å². The van der Waals surface area contributed by atoms with E-state index < -0.39 is 22.7 Å². The van der Waals surface area contributed by atoms with Crippen LogP contribution < -0.4 is 5.32 Å². The molecular weight excluding hydrogens is 300 g/mol. The minimum Gasteiger partial charge on any atom is -0.481 e. The van der Waals surface area contributed by atoms with Gasteiger partial charge in [0, 0.05) is 17.6 Å². The summed E-state index contributed by atoms with van der Waals surface area (Å²) in [6.07, 6.45) is 0.876. The SMILES string of the molecule is CC(CCCNC(=O)c1cc(Cl)ccc1[N+](=O)[O-])C(=O)O. The normalized spacial score (nSPS) is 11.7. The first-order valence-electron chi connectivity index (χ1n) is 6.28. The summed E-state index contributed by atoms with van der Waals surface area (Å²) in [5.74, 6) is -2.00. The van der Waals surface area contributed by atoms with Gasteiger partial charge in [0.15, 0.2) is 0 Å². The smallest absolute Gasteiger partial charge is 0.306 e. The van der Waals surface area contributed by atoms with Gasteiger partial charge < -0.3 is 10.4 Å². The molecule has 0 fully saturated rings. The molecule has 0 aromatic heterocycles. The van der Waals surface area contributed by atoms with Crippen LogP contribution in [-0.4, -0.2) is 28.5 Å². The number of amides is 1. The van der Waals surface area contributed by atoms with Crippen LogP contribution in [0.25, 0.3) is 0 Å². The van der Waals surface area contributed by atoms with Gasteiger partial charge in [0.2, 0.25) is 0 Å². The number of carboxylic acids is 1. The van der Waals surface area contributed by atoms with Crippen LogP contribution in [0.2, 0.25) is 5.02 Å². The first-order valence-corrected chi connectivity index (χ1v) is 6.65. The molecule has 114 valence electrons. The highest BCUT2D eigenvalue weighted by molar-refractivity contribution is 6.31. The van der Waals surface area contributed by atoms with Gasteiger partial charge in [-0.25, -0.2) is 0 Å². The number of carbonyl (C=O) groups excluding carboxylic acids is 1. The first-order chi connectivity index (χ1) is 9.82. The van der Waals surface area contributed by atoms with Crippen LogP contribution in [0.3, 0.4) is 0 Å². The minimum absolute atomic E-state index is 0.112. The second-order valence-corrected chi connectivity index (χ2v) is 4.99. The molecule has 0 saturated carbocycles. The van der Waals surface area contributed by atoms with Crippen molar-refractivity contribution in [1.82, 2.24) is 5.32 Å². The topological polar surface area (TPSA) is 110 Å². The lowest BCUT2D eigenvalue weighted by molar-refractivity contribution is -0.385. The number of nitro benzene ring substituents is 1. The fraction of sp³-hybridized carbons (Fsp3) is 0.385. The lowest BCUT2D eigenvalue weighted by Gasteiger charge is -2.08. The van der Waals surface area contributed by atoms with Crippen LogP contribution >= 0.6 is 11.6 Å². The zero-order chi connectivity index (χ0) is 16.0. The Hall–Kier alpha value is -2.15. The number of benzene rings is 1. The molecule has 1 aromatic rings. The number of nitrogens with one attached hydrogen (secondary N) is 1. The number of carboxylic acid groups (broad SMARTS) is 1. The van der Waals surface area contributed by atoms with Gasteiger partial charge >= 0.3 is 5.97 Å². The van der Waals surface area contributed by atoms with Crippen molar-refractivity contribution < 1.29 is 19.6 Å². The van der Waals surface area contributed by atoms with E-state index in [2.05, 4.69) is 5.32 Å². The van der Waals surface area contributed by atoms with Crippen molar-refractivity contribution in [2.45, 2.75) is 19.8 Å². The second-order valence-electron chi connectivity index (χ2n) is 4.56. The van der Waals surface area contributed by atoms with E-state index in [0.717, 1.165) is 0 Å². The van der Waals surface area contributed by atoms with Crippen molar-refractivity contribution in [2.24, 2.45) is 5.92 Å². The fourth-order valence-electron chi connectivity index (χ4n) is 1.68. The summed E-state index contributed by atoms with van der Waals surface area (Å²) in [5.41, 5.74) is -0.436. The Morgan fingerprint density at radius 1 is 1.48 bits per heavy atom. The van der Waals surface area contributed by atoms with Crippen LogP contribution in [0, 0.1) is 16.0 Å². The highest BCUT2D eigenvalue weighted by Crippen LogP contribution is 2.22. The maximum absolute atomic E-state index is 11.9. The maximum atomic E-state index is 11.9. The summed E-state index contributed by atoms with van der Waals surface area (Å²) in [6, 6.07) is 3.74. The molecule has 0 heterocycles. The summed E-state index contributed by atoms with van der Waals surface area (Å²) in [7, 11) is 0. The Morgan fingerprint density at radius 2 is 2.14 bits per heavy atom. The van der Waals surface area contributed by atoms with Crippen molar-refractivity contribution in [3.05, 3.63) is 38.9 Å². The number of nitro groups is 1. The van der Waals surface area contributed by atoms with E-state index in [1.807, 2.05) is 0 Å². The predicted molar refractivity (Wildman–Crippen MR) is 76.5 cm³/mol. The van der Waals surface area contributed by atoms with Crippen LogP contribution in [0.5, 0.6) is 0 Å². The predicted octanol–water partition coefficient (Wildman–Crippen LogP) is 2.48. The van der Waals surface area contributed by atoms with Crippen molar-refractivity contribution in [2.75, 3.05) is 6.54 Å². The molecule has 1 unspecified atom stereocenters. The van der Waals surface area contributed by atoms with Gasteiger partial charge in [-0.3, -0.25) is 19.7 Å². The Kier molecular flexibility index (Phi) is 6.10. The number of rotatable bonds is 7. The molecule has 0 radical (unpaired) electrons. The summed E-state index contributed by atoms with van der Waals surface area (Å²) in [4.78, 5) is 32.7. The third kappa shape index (κ3) is 5.03. The zero-order valence-corrected chi connectivity index (χ0v) is 12.1. The van der Waals surface area contributed by atoms with E-state index in [9.17, 15) is 19.7 Å². The van der Waals surface area contributed by atoms with E-state index in [1.54, 1.807) is 6.92 Å².